The molecule has 3 rings (SSSR count). The van der Waals surface area contributed by atoms with Crippen molar-refractivity contribution in [2.45, 2.75) is 20.1 Å². The third-order valence-electron chi connectivity index (χ3n) is 4.03. The minimum Gasteiger partial charge on any atom is -0.488 e. The van der Waals surface area contributed by atoms with Crippen LogP contribution in [0.25, 0.3) is 0 Å². The molecule has 3 aromatic carbocycles. The van der Waals surface area contributed by atoms with Gasteiger partial charge in [-0.25, -0.2) is 4.39 Å². The second kappa shape index (κ2) is 8.56. The van der Waals surface area contributed by atoms with E-state index in [1.54, 1.807) is 18.2 Å². The molecule has 0 saturated heterocycles. The van der Waals surface area contributed by atoms with Crippen LogP contribution in [0.5, 0.6) is 5.75 Å². The van der Waals surface area contributed by atoms with E-state index in [0.29, 0.717) is 22.9 Å². The van der Waals surface area contributed by atoms with E-state index in [4.69, 9.17) is 16.3 Å². The van der Waals surface area contributed by atoms with Gasteiger partial charge in [0.25, 0.3) is 0 Å². The third kappa shape index (κ3) is 4.77. The van der Waals surface area contributed by atoms with Crippen LogP contribution in [0, 0.1) is 12.7 Å². The lowest BCUT2D eigenvalue weighted by molar-refractivity contribution is 0.297. The average Bonchev–Trinajstić information content (AvgIpc) is 2.63. The van der Waals surface area contributed by atoms with Crippen molar-refractivity contribution in [3.8, 4) is 5.75 Å². The standard InChI is InChI=1S/C21H18BrClFNO/c1-14-6-8-18(23)11-20(14)25-12-16-10-17(22)7-9-21(16)26-13-15-4-2-3-5-19(15)24/h2-11,25H,12-13H2,1H3. The Morgan fingerprint density at radius 2 is 1.85 bits per heavy atom. The fourth-order valence-corrected chi connectivity index (χ4v) is 3.15. The maximum atomic E-state index is 13.8. The van der Waals surface area contributed by atoms with Gasteiger partial charge in [-0.15, -0.1) is 0 Å². The van der Waals surface area contributed by atoms with Gasteiger partial charge in [0.2, 0.25) is 0 Å². The second-order valence-electron chi connectivity index (χ2n) is 5.94. The summed E-state index contributed by atoms with van der Waals surface area (Å²) in [5.74, 6) is 0.447. The fourth-order valence-electron chi connectivity index (χ4n) is 2.57. The largest absolute Gasteiger partial charge is 0.488 e. The highest BCUT2D eigenvalue weighted by atomic mass is 79.9. The molecule has 0 amide bonds. The molecule has 0 saturated carbocycles. The van der Waals surface area contributed by atoms with Crippen molar-refractivity contribution in [1.29, 1.82) is 0 Å². The van der Waals surface area contributed by atoms with E-state index in [9.17, 15) is 4.39 Å². The molecule has 0 aliphatic carbocycles. The quantitative estimate of drug-likeness (QED) is 0.464. The first-order chi connectivity index (χ1) is 12.5. The maximum absolute atomic E-state index is 13.8. The van der Waals surface area contributed by atoms with Crippen LogP contribution in [-0.4, -0.2) is 0 Å². The number of benzene rings is 3. The molecule has 0 radical (unpaired) electrons. The summed E-state index contributed by atoms with van der Waals surface area (Å²) in [5.41, 5.74) is 3.57. The van der Waals surface area contributed by atoms with Crippen LogP contribution in [0.15, 0.2) is 65.1 Å². The van der Waals surface area contributed by atoms with Crippen LogP contribution in [0.4, 0.5) is 10.1 Å². The fraction of sp³-hybridized carbons (Fsp3) is 0.143. The predicted molar refractivity (Wildman–Crippen MR) is 108 cm³/mol. The van der Waals surface area contributed by atoms with Crippen LogP contribution in [0.1, 0.15) is 16.7 Å². The molecule has 0 aliphatic rings. The first-order valence-corrected chi connectivity index (χ1v) is 9.34. The van der Waals surface area contributed by atoms with Gasteiger partial charge in [-0.3, -0.25) is 0 Å². The average molecular weight is 435 g/mol. The Bertz CT molecular complexity index is 916. The summed E-state index contributed by atoms with van der Waals surface area (Å²) in [6.45, 7) is 2.76. The molecule has 2 nitrogen and oxygen atoms in total. The van der Waals surface area contributed by atoms with E-state index in [2.05, 4.69) is 21.2 Å². The minimum absolute atomic E-state index is 0.178. The predicted octanol–water partition coefficient (Wildman–Crippen LogP) is 6.74. The number of ether oxygens (including phenoxy) is 1. The number of aryl methyl sites for hydroxylation is 1. The van der Waals surface area contributed by atoms with Crippen molar-refractivity contribution in [1.82, 2.24) is 0 Å². The molecule has 0 heterocycles. The Labute approximate surface area is 166 Å². The van der Waals surface area contributed by atoms with Crippen LogP contribution < -0.4 is 10.1 Å². The van der Waals surface area contributed by atoms with Crippen LogP contribution >= 0.6 is 27.5 Å². The highest BCUT2D eigenvalue weighted by Gasteiger charge is 2.08. The lowest BCUT2D eigenvalue weighted by Gasteiger charge is -2.15. The normalized spacial score (nSPS) is 10.6. The molecular weight excluding hydrogens is 417 g/mol. The zero-order valence-electron chi connectivity index (χ0n) is 14.2. The number of halogens is 3. The Morgan fingerprint density at radius 1 is 1.04 bits per heavy atom. The number of hydrogen-bond acceptors (Lipinski definition) is 2. The molecule has 0 atom stereocenters. The summed E-state index contributed by atoms with van der Waals surface area (Å²) in [6, 6.07) is 18.1. The highest BCUT2D eigenvalue weighted by molar-refractivity contribution is 9.10. The molecule has 3 aromatic rings. The minimum atomic E-state index is -0.265. The van der Waals surface area contributed by atoms with Crippen molar-refractivity contribution in [3.63, 3.8) is 0 Å². The van der Waals surface area contributed by atoms with Gasteiger partial charge >= 0.3 is 0 Å². The van der Waals surface area contributed by atoms with E-state index in [-0.39, 0.29) is 12.4 Å². The van der Waals surface area contributed by atoms with Gasteiger partial charge in [-0.2, -0.15) is 0 Å². The van der Waals surface area contributed by atoms with Gasteiger partial charge in [0, 0.05) is 32.9 Å². The molecule has 26 heavy (non-hydrogen) atoms. The lowest BCUT2D eigenvalue weighted by Crippen LogP contribution is -2.05. The van der Waals surface area contributed by atoms with Crippen molar-refractivity contribution in [2.24, 2.45) is 0 Å². The van der Waals surface area contributed by atoms with Crippen LogP contribution in [-0.2, 0) is 13.2 Å². The van der Waals surface area contributed by atoms with Crippen LogP contribution in [0.3, 0.4) is 0 Å². The molecule has 0 unspecified atom stereocenters. The Balaban J connectivity index is 1.75. The Hall–Kier alpha value is -2.04. The summed E-state index contributed by atoms with van der Waals surface area (Å²) in [6.07, 6.45) is 0. The Morgan fingerprint density at radius 3 is 2.65 bits per heavy atom. The first kappa shape index (κ1) is 18.7. The van der Waals surface area contributed by atoms with E-state index in [0.717, 1.165) is 21.3 Å². The van der Waals surface area contributed by atoms with Gasteiger partial charge in [0.15, 0.2) is 0 Å². The van der Waals surface area contributed by atoms with Crippen molar-refractivity contribution < 1.29 is 9.13 Å². The smallest absolute Gasteiger partial charge is 0.129 e. The summed E-state index contributed by atoms with van der Waals surface area (Å²) >= 11 is 9.57. The van der Waals surface area contributed by atoms with Gasteiger partial charge in [-0.1, -0.05) is 51.8 Å². The molecule has 0 fully saturated rings. The number of anilines is 1. The monoisotopic (exact) mass is 433 g/mol. The number of rotatable bonds is 6. The summed E-state index contributed by atoms with van der Waals surface area (Å²) < 4.78 is 20.6. The molecular formula is C21H18BrClFNO. The van der Waals surface area contributed by atoms with Gasteiger partial charge in [-0.05, 0) is 48.9 Å². The van der Waals surface area contributed by atoms with E-state index < -0.39 is 0 Å². The van der Waals surface area contributed by atoms with Gasteiger partial charge < -0.3 is 10.1 Å². The number of nitrogens with one attached hydrogen (secondary N) is 1. The van der Waals surface area contributed by atoms with E-state index >= 15 is 0 Å². The second-order valence-corrected chi connectivity index (χ2v) is 7.30. The topological polar surface area (TPSA) is 21.3 Å². The molecule has 1 N–H and O–H groups in total. The molecule has 134 valence electrons. The zero-order valence-corrected chi connectivity index (χ0v) is 16.6. The highest BCUT2D eigenvalue weighted by Crippen LogP contribution is 2.27. The SMILES string of the molecule is Cc1ccc(Cl)cc1NCc1cc(Br)ccc1OCc1ccccc1F. The third-order valence-corrected chi connectivity index (χ3v) is 4.76. The Kier molecular flexibility index (Phi) is 6.17. The van der Waals surface area contributed by atoms with Gasteiger partial charge in [0.05, 0.1) is 0 Å². The van der Waals surface area contributed by atoms with E-state index in [1.807, 2.05) is 43.3 Å². The van der Waals surface area contributed by atoms with Crippen molar-refractivity contribution >= 4 is 33.2 Å². The lowest BCUT2D eigenvalue weighted by atomic mass is 10.1. The summed E-state index contributed by atoms with van der Waals surface area (Å²) in [5, 5.41) is 4.07. The summed E-state index contributed by atoms with van der Waals surface area (Å²) in [4.78, 5) is 0. The van der Waals surface area contributed by atoms with Crippen LogP contribution in [0.2, 0.25) is 5.02 Å². The van der Waals surface area contributed by atoms with Crippen molar-refractivity contribution in [2.75, 3.05) is 5.32 Å². The molecule has 0 aliphatic heterocycles. The van der Waals surface area contributed by atoms with E-state index in [1.165, 1.54) is 6.07 Å². The molecule has 5 heteroatoms. The molecule has 0 aromatic heterocycles. The molecule has 0 bridgehead atoms. The van der Waals surface area contributed by atoms with Crippen molar-refractivity contribution in [3.05, 3.63) is 92.7 Å². The zero-order chi connectivity index (χ0) is 18.5. The summed E-state index contributed by atoms with van der Waals surface area (Å²) in [7, 11) is 0. The maximum Gasteiger partial charge on any atom is 0.129 e. The number of hydrogen-bond donors (Lipinski definition) is 1. The van der Waals surface area contributed by atoms with Gasteiger partial charge in [0.1, 0.15) is 18.2 Å². The molecule has 0 spiro atoms. The first-order valence-electron chi connectivity index (χ1n) is 8.17.